The van der Waals surface area contributed by atoms with Crippen LogP contribution < -0.4 is 15.4 Å². The Morgan fingerprint density at radius 3 is 2.88 bits per heavy atom. The number of anilines is 1. The molecule has 1 aromatic rings. The Balaban J connectivity index is 2.68. The Labute approximate surface area is 110 Å². The largest absolute Gasteiger partial charge is 0.497 e. The molecule has 0 amide bonds. The minimum atomic E-state index is 0.621. The number of ether oxygens (including phenoxy) is 1. The number of nitrogens with one attached hydrogen (secondary N) is 2. The molecular weight excluding hydrogens is 288 g/mol. The van der Waals surface area contributed by atoms with E-state index >= 15 is 0 Å². The van der Waals surface area contributed by atoms with Crippen LogP contribution in [0.2, 0.25) is 0 Å². The van der Waals surface area contributed by atoms with Crippen LogP contribution >= 0.6 is 28.1 Å². The van der Waals surface area contributed by atoms with E-state index in [9.17, 15) is 0 Å². The summed E-state index contributed by atoms with van der Waals surface area (Å²) < 4.78 is 6.10. The Morgan fingerprint density at radius 1 is 1.50 bits per heavy atom. The molecule has 0 aliphatic heterocycles. The van der Waals surface area contributed by atoms with Crippen LogP contribution in [-0.4, -0.2) is 18.8 Å². The molecule has 0 fully saturated rings. The number of benzene rings is 1. The van der Waals surface area contributed by atoms with Gasteiger partial charge in [-0.25, -0.2) is 0 Å². The first-order chi connectivity index (χ1) is 7.67. The second-order valence-corrected chi connectivity index (χ2v) is 4.49. The lowest BCUT2D eigenvalue weighted by molar-refractivity contribution is 0.415. The molecule has 5 heteroatoms. The van der Waals surface area contributed by atoms with E-state index in [1.54, 1.807) is 7.11 Å². The summed E-state index contributed by atoms with van der Waals surface area (Å²) in [6, 6.07) is 5.70. The van der Waals surface area contributed by atoms with E-state index in [0.29, 0.717) is 5.11 Å². The third-order valence-corrected chi connectivity index (χ3v) is 2.90. The van der Waals surface area contributed by atoms with Crippen molar-refractivity contribution in [2.75, 3.05) is 19.0 Å². The number of halogens is 1. The summed E-state index contributed by atoms with van der Waals surface area (Å²) >= 11 is 8.61. The van der Waals surface area contributed by atoms with E-state index in [2.05, 4.69) is 33.5 Å². The van der Waals surface area contributed by atoms with Gasteiger partial charge in [-0.15, -0.1) is 0 Å². The van der Waals surface area contributed by atoms with Gasteiger partial charge in [-0.05, 0) is 46.7 Å². The van der Waals surface area contributed by atoms with Crippen molar-refractivity contribution < 1.29 is 4.74 Å². The van der Waals surface area contributed by atoms with Gasteiger partial charge in [-0.3, -0.25) is 0 Å². The molecule has 1 rings (SSSR count). The molecule has 0 spiro atoms. The van der Waals surface area contributed by atoms with Gasteiger partial charge in [-0.1, -0.05) is 6.92 Å². The summed E-state index contributed by atoms with van der Waals surface area (Å²) in [6.07, 6.45) is 1.04. The molecule has 88 valence electrons. The van der Waals surface area contributed by atoms with Crippen molar-refractivity contribution >= 4 is 38.9 Å². The van der Waals surface area contributed by atoms with Gasteiger partial charge in [0, 0.05) is 17.1 Å². The third kappa shape index (κ3) is 3.98. The van der Waals surface area contributed by atoms with Crippen molar-refractivity contribution in [2.45, 2.75) is 13.3 Å². The highest BCUT2D eigenvalue weighted by atomic mass is 79.9. The number of hydrogen-bond donors (Lipinski definition) is 2. The van der Waals surface area contributed by atoms with Crippen LogP contribution in [0.25, 0.3) is 0 Å². The summed E-state index contributed by atoms with van der Waals surface area (Å²) in [7, 11) is 1.64. The SMILES string of the molecule is CCCNC(=S)Nc1cc(OC)ccc1Br. The van der Waals surface area contributed by atoms with Crippen LogP contribution in [0, 0.1) is 0 Å². The van der Waals surface area contributed by atoms with Crippen molar-refractivity contribution in [3.63, 3.8) is 0 Å². The highest BCUT2D eigenvalue weighted by Gasteiger charge is 2.03. The molecule has 0 aliphatic carbocycles. The first-order valence-electron chi connectivity index (χ1n) is 5.05. The highest BCUT2D eigenvalue weighted by molar-refractivity contribution is 9.10. The van der Waals surface area contributed by atoms with Crippen molar-refractivity contribution in [1.82, 2.24) is 5.32 Å². The zero-order valence-corrected chi connectivity index (χ0v) is 11.7. The Hall–Kier alpha value is -0.810. The number of thiocarbonyl (C=S) groups is 1. The van der Waals surface area contributed by atoms with Gasteiger partial charge in [0.25, 0.3) is 0 Å². The molecule has 3 nitrogen and oxygen atoms in total. The minimum Gasteiger partial charge on any atom is -0.497 e. The van der Waals surface area contributed by atoms with E-state index in [-0.39, 0.29) is 0 Å². The molecule has 0 atom stereocenters. The van der Waals surface area contributed by atoms with E-state index < -0.39 is 0 Å². The van der Waals surface area contributed by atoms with Crippen molar-refractivity contribution in [3.05, 3.63) is 22.7 Å². The smallest absolute Gasteiger partial charge is 0.170 e. The summed E-state index contributed by atoms with van der Waals surface area (Å²) in [5.74, 6) is 0.795. The van der Waals surface area contributed by atoms with E-state index in [0.717, 1.165) is 28.9 Å². The second-order valence-electron chi connectivity index (χ2n) is 3.23. The first kappa shape index (κ1) is 13.3. The maximum Gasteiger partial charge on any atom is 0.170 e. The lowest BCUT2D eigenvalue weighted by Crippen LogP contribution is -2.29. The molecule has 0 radical (unpaired) electrons. The number of rotatable bonds is 4. The van der Waals surface area contributed by atoms with Crippen molar-refractivity contribution in [1.29, 1.82) is 0 Å². The average Bonchev–Trinajstić information content (AvgIpc) is 2.29. The van der Waals surface area contributed by atoms with Crippen LogP contribution in [0.4, 0.5) is 5.69 Å². The van der Waals surface area contributed by atoms with Crippen LogP contribution in [0.15, 0.2) is 22.7 Å². The molecule has 0 aliphatic rings. The monoisotopic (exact) mass is 302 g/mol. The molecule has 0 saturated heterocycles. The fraction of sp³-hybridized carbons (Fsp3) is 0.364. The molecule has 0 bridgehead atoms. The third-order valence-electron chi connectivity index (χ3n) is 1.96. The van der Waals surface area contributed by atoms with Crippen LogP contribution in [0.5, 0.6) is 5.75 Å². The molecule has 1 aromatic carbocycles. The molecule has 2 N–H and O–H groups in total. The summed E-state index contributed by atoms with van der Waals surface area (Å²) in [4.78, 5) is 0. The van der Waals surface area contributed by atoms with Gasteiger partial charge < -0.3 is 15.4 Å². The van der Waals surface area contributed by atoms with Gasteiger partial charge in [0.2, 0.25) is 0 Å². The molecular formula is C11H15BrN2OS. The number of hydrogen-bond acceptors (Lipinski definition) is 2. The highest BCUT2D eigenvalue weighted by Crippen LogP contribution is 2.26. The molecule has 0 saturated carbocycles. The lowest BCUT2D eigenvalue weighted by Gasteiger charge is -2.12. The molecule has 0 heterocycles. The van der Waals surface area contributed by atoms with Crippen LogP contribution in [0.3, 0.4) is 0 Å². The molecule has 16 heavy (non-hydrogen) atoms. The van der Waals surface area contributed by atoms with Crippen LogP contribution in [-0.2, 0) is 0 Å². The quantitative estimate of drug-likeness (QED) is 0.837. The summed E-state index contributed by atoms with van der Waals surface area (Å²) in [5, 5.41) is 6.84. The minimum absolute atomic E-state index is 0.621. The second kappa shape index (κ2) is 6.70. The predicted molar refractivity (Wildman–Crippen MR) is 75.2 cm³/mol. The van der Waals surface area contributed by atoms with Gasteiger partial charge in [-0.2, -0.15) is 0 Å². The first-order valence-corrected chi connectivity index (χ1v) is 6.26. The topological polar surface area (TPSA) is 33.3 Å². The molecule has 0 aromatic heterocycles. The van der Waals surface area contributed by atoms with Gasteiger partial charge >= 0.3 is 0 Å². The number of methoxy groups -OCH3 is 1. The van der Waals surface area contributed by atoms with E-state index in [4.69, 9.17) is 17.0 Å². The summed E-state index contributed by atoms with van der Waals surface area (Å²) in [6.45, 7) is 2.96. The maximum atomic E-state index is 5.16. The maximum absolute atomic E-state index is 5.16. The Morgan fingerprint density at radius 2 is 2.25 bits per heavy atom. The summed E-state index contributed by atoms with van der Waals surface area (Å²) in [5.41, 5.74) is 0.896. The average molecular weight is 303 g/mol. The van der Waals surface area contributed by atoms with E-state index in [1.165, 1.54) is 0 Å². The fourth-order valence-electron chi connectivity index (χ4n) is 1.13. The van der Waals surface area contributed by atoms with Crippen molar-refractivity contribution in [2.24, 2.45) is 0 Å². The predicted octanol–water partition coefficient (Wildman–Crippen LogP) is 3.15. The van der Waals surface area contributed by atoms with Gasteiger partial charge in [0.05, 0.1) is 12.8 Å². The zero-order chi connectivity index (χ0) is 12.0. The Kier molecular flexibility index (Phi) is 5.55. The van der Waals surface area contributed by atoms with Crippen molar-refractivity contribution in [3.8, 4) is 5.75 Å². The van der Waals surface area contributed by atoms with E-state index in [1.807, 2.05) is 18.2 Å². The van der Waals surface area contributed by atoms with Gasteiger partial charge in [0.15, 0.2) is 5.11 Å². The lowest BCUT2D eigenvalue weighted by atomic mass is 10.3. The zero-order valence-electron chi connectivity index (χ0n) is 9.34. The standard InChI is InChI=1S/C11H15BrN2OS/c1-3-6-13-11(16)14-10-7-8(15-2)4-5-9(10)12/h4-5,7H,3,6H2,1-2H3,(H2,13,14,16). The molecule has 0 unspecified atom stereocenters. The van der Waals surface area contributed by atoms with Crippen LogP contribution in [0.1, 0.15) is 13.3 Å². The normalized spacial score (nSPS) is 9.69. The fourth-order valence-corrected chi connectivity index (χ4v) is 1.69. The van der Waals surface area contributed by atoms with Gasteiger partial charge in [0.1, 0.15) is 5.75 Å². The Bertz CT molecular complexity index is 371.